The van der Waals surface area contributed by atoms with Gasteiger partial charge in [-0.3, -0.25) is 9.69 Å². The van der Waals surface area contributed by atoms with E-state index in [9.17, 15) is 9.59 Å². The van der Waals surface area contributed by atoms with Crippen LogP contribution in [0.25, 0.3) is 0 Å². The third kappa shape index (κ3) is 1.79. The standard InChI is InChI=1S/C22H25NO6/c1-10(24)5-7-21-14-6-8-23(21)13-9-15(21)28-22(14)16(13)11(2)18(29-22)19-17(26-4)12(3)20(25)27-19/h5,7,11,13-16H,6,8-9H2,1-4H3/b7-5+,19-18-/t11-,13-,14-,15+,16+,21-,22+/m0/s1. The fourth-order valence-electron chi connectivity index (χ4n) is 7.16. The normalized spacial score (nSPS) is 51.2. The van der Waals surface area contributed by atoms with Gasteiger partial charge in [0.1, 0.15) is 5.76 Å². The highest BCUT2D eigenvalue weighted by Crippen LogP contribution is 2.72. The number of ether oxygens (including phenoxy) is 4. The zero-order valence-electron chi connectivity index (χ0n) is 17.1. The number of ketones is 1. The van der Waals surface area contributed by atoms with Gasteiger partial charge < -0.3 is 18.9 Å². The molecule has 6 rings (SSSR count). The van der Waals surface area contributed by atoms with Gasteiger partial charge in [0.2, 0.25) is 11.5 Å². The van der Waals surface area contributed by atoms with E-state index in [4.69, 9.17) is 18.9 Å². The molecular weight excluding hydrogens is 374 g/mol. The second kappa shape index (κ2) is 5.32. The van der Waals surface area contributed by atoms with Crippen molar-refractivity contribution in [3.05, 3.63) is 35.0 Å². The minimum Gasteiger partial charge on any atom is -0.492 e. The maximum Gasteiger partial charge on any atom is 0.343 e. The van der Waals surface area contributed by atoms with Gasteiger partial charge in [-0.05, 0) is 32.8 Å². The lowest BCUT2D eigenvalue weighted by molar-refractivity contribution is -0.255. The van der Waals surface area contributed by atoms with Crippen molar-refractivity contribution in [1.82, 2.24) is 4.90 Å². The van der Waals surface area contributed by atoms with E-state index in [1.807, 2.05) is 0 Å². The topological polar surface area (TPSA) is 74.3 Å². The molecule has 0 aliphatic carbocycles. The van der Waals surface area contributed by atoms with E-state index >= 15 is 0 Å². The highest BCUT2D eigenvalue weighted by atomic mass is 16.7. The minimum atomic E-state index is -0.731. The second-order valence-electron chi connectivity index (χ2n) is 9.15. The lowest BCUT2D eigenvalue weighted by Gasteiger charge is -2.47. The zero-order chi connectivity index (χ0) is 20.3. The number of esters is 1. The molecule has 154 valence electrons. The molecule has 6 aliphatic heterocycles. The molecule has 5 saturated heterocycles. The Hall–Kier alpha value is -2.12. The van der Waals surface area contributed by atoms with Crippen LogP contribution in [0.15, 0.2) is 35.0 Å². The van der Waals surface area contributed by atoms with Crippen molar-refractivity contribution < 1.29 is 28.5 Å². The number of piperidine rings is 1. The van der Waals surface area contributed by atoms with E-state index in [-0.39, 0.29) is 35.2 Å². The van der Waals surface area contributed by atoms with Crippen LogP contribution in [0.2, 0.25) is 0 Å². The van der Waals surface area contributed by atoms with Crippen LogP contribution in [0.5, 0.6) is 0 Å². The van der Waals surface area contributed by atoms with Crippen LogP contribution < -0.4 is 0 Å². The SMILES string of the molecule is COC1=C(C)C(=O)O/C1=C1\O[C@@]23O[C@@H]4C[C@@H]([C@H]2[C@@H]1C)N1CC[C@H]3[C@@]41/C=C/C(C)=O. The van der Waals surface area contributed by atoms with Gasteiger partial charge in [0.25, 0.3) is 0 Å². The number of nitrogens with zero attached hydrogens (tertiary/aromatic N) is 1. The summed E-state index contributed by atoms with van der Waals surface area (Å²) in [5.74, 6) is 0.769. The molecule has 0 saturated carbocycles. The van der Waals surface area contributed by atoms with Crippen LogP contribution in [0.3, 0.4) is 0 Å². The first kappa shape index (κ1) is 17.7. The average molecular weight is 399 g/mol. The Morgan fingerprint density at radius 1 is 1.38 bits per heavy atom. The van der Waals surface area contributed by atoms with E-state index in [1.54, 1.807) is 27.0 Å². The molecule has 0 aromatic carbocycles. The van der Waals surface area contributed by atoms with Crippen molar-refractivity contribution >= 4 is 11.8 Å². The van der Waals surface area contributed by atoms with E-state index in [2.05, 4.69) is 17.9 Å². The lowest BCUT2D eigenvalue weighted by atomic mass is 9.71. The maximum absolute atomic E-state index is 12.2. The Morgan fingerprint density at radius 2 is 2.17 bits per heavy atom. The number of hydrogen-bond acceptors (Lipinski definition) is 7. The molecule has 0 amide bonds. The summed E-state index contributed by atoms with van der Waals surface area (Å²) >= 11 is 0. The summed E-state index contributed by atoms with van der Waals surface area (Å²) in [5, 5.41) is 0. The molecule has 1 unspecified atom stereocenters. The Balaban J connectivity index is 1.48. The molecule has 7 heteroatoms. The Morgan fingerprint density at radius 3 is 2.90 bits per heavy atom. The molecule has 0 aromatic heterocycles. The quantitative estimate of drug-likeness (QED) is 0.531. The largest absolute Gasteiger partial charge is 0.492 e. The van der Waals surface area contributed by atoms with Crippen molar-refractivity contribution in [3.8, 4) is 0 Å². The fourth-order valence-corrected chi connectivity index (χ4v) is 7.16. The first-order valence-corrected chi connectivity index (χ1v) is 10.4. The van der Waals surface area contributed by atoms with Crippen LogP contribution >= 0.6 is 0 Å². The third-order valence-electron chi connectivity index (χ3n) is 8.06. The van der Waals surface area contributed by atoms with Crippen molar-refractivity contribution in [2.45, 2.75) is 57.1 Å². The monoisotopic (exact) mass is 399 g/mol. The molecule has 5 bridgehead atoms. The second-order valence-corrected chi connectivity index (χ2v) is 9.15. The van der Waals surface area contributed by atoms with Crippen LogP contribution in [0.4, 0.5) is 0 Å². The third-order valence-corrected chi connectivity index (χ3v) is 8.06. The molecule has 0 N–H and O–H groups in total. The van der Waals surface area contributed by atoms with Crippen LogP contribution in [-0.4, -0.2) is 53.8 Å². The number of hydrogen-bond donors (Lipinski definition) is 0. The molecule has 1 spiro atoms. The summed E-state index contributed by atoms with van der Waals surface area (Å²) in [5.41, 5.74) is 0.188. The highest BCUT2D eigenvalue weighted by Gasteiger charge is 2.83. The van der Waals surface area contributed by atoms with Crippen LogP contribution in [0, 0.1) is 17.8 Å². The Kier molecular flexibility index (Phi) is 3.25. The van der Waals surface area contributed by atoms with Gasteiger partial charge in [-0.15, -0.1) is 0 Å². The van der Waals surface area contributed by atoms with Crippen LogP contribution in [-0.2, 0) is 28.5 Å². The summed E-state index contributed by atoms with van der Waals surface area (Å²) < 4.78 is 24.3. The van der Waals surface area contributed by atoms with Crippen molar-refractivity contribution in [3.63, 3.8) is 0 Å². The first-order valence-electron chi connectivity index (χ1n) is 10.4. The van der Waals surface area contributed by atoms with Gasteiger partial charge >= 0.3 is 5.97 Å². The van der Waals surface area contributed by atoms with Crippen molar-refractivity contribution in [2.75, 3.05) is 13.7 Å². The summed E-state index contributed by atoms with van der Waals surface area (Å²) in [4.78, 5) is 26.4. The van der Waals surface area contributed by atoms with E-state index in [1.165, 1.54) is 0 Å². The molecule has 7 nitrogen and oxygen atoms in total. The molecule has 6 heterocycles. The number of carbonyl (C=O) groups excluding carboxylic acids is 2. The van der Waals surface area contributed by atoms with E-state index in [0.29, 0.717) is 28.9 Å². The molecule has 5 fully saturated rings. The summed E-state index contributed by atoms with van der Waals surface area (Å²) in [7, 11) is 1.54. The molecule has 0 radical (unpaired) electrons. The summed E-state index contributed by atoms with van der Waals surface area (Å²) in [6.45, 7) is 6.41. The van der Waals surface area contributed by atoms with E-state index < -0.39 is 11.8 Å². The number of fused-ring (bicyclic) bond motifs is 1. The Bertz CT molecular complexity index is 949. The Labute approximate surface area is 169 Å². The number of allylic oxidation sites excluding steroid dienone is 2. The summed E-state index contributed by atoms with van der Waals surface area (Å²) in [6, 6.07) is 0.324. The maximum atomic E-state index is 12.2. The predicted molar refractivity (Wildman–Crippen MR) is 99.9 cm³/mol. The molecule has 0 aromatic rings. The average Bonchev–Trinajstić information content (AvgIpc) is 3.38. The molecule has 29 heavy (non-hydrogen) atoms. The number of rotatable bonds is 3. The molecular formula is C22H25NO6. The molecule has 6 aliphatic rings. The molecule has 8 atom stereocenters. The van der Waals surface area contributed by atoms with Gasteiger partial charge in [0.15, 0.2) is 11.5 Å². The predicted octanol–water partition coefficient (Wildman–Crippen LogP) is 2.04. The fraction of sp³-hybridized carbons (Fsp3) is 0.636. The highest BCUT2D eigenvalue weighted by molar-refractivity contribution is 5.93. The lowest BCUT2D eigenvalue weighted by Crippen LogP contribution is -2.60. The van der Waals surface area contributed by atoms with Gasteiger partial charge in [-0.1, -0.05) is 13.0 Å². The van der Waals surface area contributed by atoms with Gasteiger partial charge in [0.05, 0.1) is 36.2 Å². The van der Waals surface area contributed by atoms with Crippen molar-refractivity contribution in [2.24, 2.45) is 17.8 Å². The van der Waals surface area contributed by atoms with Gasteiger partial charge in [-0.2, -0.15) is 0 Å². The van der Waals surface area contributed by atoms with Crippen molar-refractivity contribution in [1.29, 1.82) is 0 Å². The van der Waals surface area contributed by atoms with E-state index in [0.717, 1.165) is 19.4 Å². The van der Waals surface area contributed by atoms with Gasteiger partial charge in [0, 0.05) is 18.5 Å². The number of cyclic esters (lactones) is 1. The van der Waals surface area contributed by atoms with Crippen LogP contribution in [0.1, 0.15) is 33.6 Å². The minimum absolute atomic E-state index is 0.0219. The zero-order valence-corrected chi connectivity index (χ0v) is 17.1. The summed E-state index contributed by atoms with van der Waals surface area (Å²) in [6.07, 6.45) is 5.69. The first-order chi connectivity index (χ1) is 13.8. The number of carbonyl (C=O) groups is 2. The number of methoxy groups -OCH3 is 1. The van der Waals surface area contributed by atoms with Gasteiger partial charge in [-0.25, -0.2) is 4.79 Å². The smallest absolute Gasteiger partial charge is 0.343 e.